The third-order valence-corrected chi connectivity index (χ3v) is 3.76. The summed E-state index contributed by atoms with van der Waals surface area (Å²) in [5.41, 5.74) is 0.900. The van der Waals surface area contributed by atoms with Crippen molar-refractivity contribution in [3.05, 3.63) is 28.9 Å². The number of hydrogen-bond donors (Lipinski definition) is 2. The molecule has 8 heteroatoms. The largest absolute Gasteiger partial charge is 0.481 e. The van der Waals surface area contributed by atoms with Crippen LogP contribution in [0.25, 0.3) is 0 Å². The van der Waals surface area contributed by atoms with Crippen LogP contribution in [0.3, 0.4) is 0 Å². The molecule has 0 saturated carbocycles. The Bertz CT molecular complexity index is 614. The van der Waals surface area contributed by atoms with Crippen LogP contribution in [-0.4, -0.2) is 28.3 Å². The second-order valence-corrected chi connectivity index (χ2v) is 5.62. The van der Waals surface area contributed by atoms with Gasteiger partial charge in [0.05, 0.1) is 7.11 Å². The number of hydrogen-bond acceptors (Lipinski definition) is 6. The van der Waals surface area contributed by atoms with E-state index in [-0.39, 0.29) is 6.03 Å². The standard InChI is InChI=1S/C13H17N5O2S/c1-8(2)11-17-18-13(21-11)16-12(19)15-7-9-4-5-14-10(6-9)20-3/h4-6,8H,7H2,1-3H3,(H2,15,16,18,19). The number of pyridine rings is 1. The molecule has 2 aromatic heterocycles. The van der Waals surface area contributed by atoms with Crippen molar-refractivity contribution in [1.29, 1.82) is 0 Å². The predicted octanol–water partition coefficient (Wildman–Crippen LogP) is 2.39. The molecule has 21 heavy (non-hydrogen) atoms. The van der Waals surface area contributed by atoms with Crippen molar-refractivity contribution in [2.24, 2.45) is 0 Å². The highest BCUT2D eigenvalue weighted by Crippen LogP contribution is 2.22. The summed E-state index contributed by atoms with van der Waals surface area (Å²) in [5, 5.41) is 14.7. The molecule has 2 aromatic rings. The van der Waals surface area contributed by atoms with Gasteiger partial charge in [0.25, 0.3) is 0 Å². The first-order chi connectivity index (χ1) is 10.1. The molecule has 0 unspecified atom stereocenters. The molecule has 0 aromatic carbocycles. The predicted molar refractivity (Wildman–Crippen MR) is 80.6 cm³/mol. The molecule has 2 heterocycles. The summed E-state index contributed by atoms with van der Waals surface area (Å²) in [7, 11) is 1.55. The summed E-state index contributed by atoms with van der Waals surface area (Å²) in [5.74, 6) is 0.811. The first-order valence-corrected chi connectivity index (χ1v) is 7.27. The summed E-state index contributed by atoms with van der Waals surface area (Å²) >= 11 is 1.37. The van der Waals surface area contributed by atoms with Crippen molar-refractivity contribution in [1.82, 2.24) is 20.5 Å². The zero-order valence-electron chi connectivity index (χ0n) is 12.1. The average molecular weight is 307 g/mol. The Morgan fingerprint density at radius 1 is 1.43 bits per heavy atom. The van der Waals surface area contributed by atoms with Crippen molar-refractivity contribution in [2.75, 3.05) is 12.4 Å². The van der Waals surface area contributed by atoms with E-state index in [2.05, 4.69) is 25.8 Å². The van der Waals surface area contributed by atoms with Crippen LogP contribution in [0.5, 0.6) is 5.88 Å². The highest BCUT2D eigenvalue weighted by Gasteiger charge is 2.10. The quantitative estimate of drug-likeness (QED) is 0.885. The van der Waals surface area contributed by atoms with E-state index in [1.54, 1.807) is 19.4 Å². The lowest BCUT2D eigenvalue weighted by Gasteiger charge is -2.06. The Kier molecular flexibility index (Phi) is 5.04. The fraction of sp³-hybridized carbons (Fsp3) is 0.385. The van der Waals surface area contributed by atoms with Crippen LogP contribution in [0, 0.1) is 0 Å². The smallest absolute Gasteiger partial charge is 0.321 e. The molecule has 2 rings (SSSR count). The highest BCUT2D eigenvalue weighted by atomic mass is 32.1. The lowest BCUT2D eigenvalue weighted by molar-refractivity contribution is 0.251. The Morgan fingerprint density at radius 2 is 2.24 bits per heavy atom. The van der Waals surface area contributed by atoms with E-state index in [0.717, 1.165) is 10.6 Å². The van der Waals surface area contributed by atoms with E-state index in [9.17, 15) is 4.79 Å². The number of aromatic nitrogens is 3. The van der Waals surface area contributed by atoms with Gasteiger partial charge in [-0.3, -0.25) is 5.32 Å². The molecule has 0 atom stereocenters. The number of carbonyl (C=O) groups is 1. The van der Waals surface area contributed by atoms with Gasteiger partial charge in [-0.05, 0) is 11.6 Å². The normalized spacial score (nSPS) is 10.5. The maximum atomic E-state index is 11.8. The van der Waals surface area contributed by atoms with Crippen LogP contribution in [-0.2, 0) is 6.54 Å². The number of nitrogens with one attached hydrogen (secondary N) is 2. The Hall–Kier alpha value is -2.22. The van der Waals surface area contributed by atoms with Gasteiger partial charge in [0.1, 0.15) is 5.01 Å². The Labute approximate surface area is 126 Å². The number of rotatable bonds is 5. The van der Waals surface area contributed by atoms with Crippen LogP contribution in [0.4, 0.5) is 9.93 Å². The summed E-state index contributed by atoms with van der Waals surface area (Å²) < 4.78 is 5.03. The van der Waals surface area contributed by atoms with Gasteiger partial charge < -0.3 is 10.1 Å². The fourth-order valence-electron chi connectivity index (χ4n) is 1.51. The molecule has 0 bridgehead atoms. The van der Waals surface area contributed by atoms with Crippen molar-refractivity contribution in [3.63, 3.8) is 0 Å². The summed E-state index contributed by atoms with van der Waals surface area (Å²) in [6.45, 7) is 4.43. The molecule has 112 valence electrons. The molecule has 0 aliphatic rings. The first-order valence-electron chi connectivity index (χ1n) is 6.45. The van der Waals surface area contributed by atoms with Crippen molar-refractivity contribution in [3.8, 4) is 5.88 Å². The molecule has 2 N–H and O–H groups in total. The first kappa shape index (κ1) is 15.2. The van der Waals surface area contributed by atoms with E-state index in [1.807, 2.05) is 19.9 Å². The molecule has 0 spiro atoms. The molecule has 2 amide bonds. The molecule has 7 nitrogen and oxygen atoms in total. The SMILES string of the molecule is COc1cc(CNC(=O)Nc2nnc(C(C)C)s2)ccn1. The number of amides is 2. The number of anilines is 1. The molecule has 0 saturated heterocycles. The zero-order valence-corrected chi connectivity index (χ0v) is 12.9. The van der Waals surface area contributed by atoms with Crippen LogP contribution in [0.15, 0.2) is 18.3 Å². The lowest BCUT2D eigenvalue weighted by atomic mass is 10.2. The second kappa shape index (κ2) is 6.98. The Balaban J connectivity index is 1.86. The minimum absolute atomic E-state index is 0.297. The van der Waals surface area contributed by atoms with Gasteiger partial charge in [-0.15, -0.1) is 10.2 Å². The maximum absolute atomic E-state index is 11.8. The van der Waals surface area contributed by atoms with Gasteiger partial charge in [0, 0.05) is 24.7 Å². The molecule has 0 aliphatic heterocycles. The summed E-state index contributed by atoms with van der Waals surface area (Å²) in [6, 6.07) is 3.25. The van der Waals surface area contributed by atoms with Crippen LogP contribution in [0.1, 0.15) is 30.3 Å². The third kappa shape index (κ3) is 4.38. The van der Waals surface area contributed by atoms with Crippen LogP contribution >= 0.6 is 11.3 Å². The van der Waals surface area contributed by atoms with Gasteiger partial charge in [0.15, 0.2) is 0 Å². The van der Waals surface area contributed by atoms with Gasteiger partial charge >= 0.3 is 6.03 Å². The van der Waals surface area contributed by atoms with E-state index in [1.165, 1.54) is 11.3 Å². The molecule has 0 fully saturated rings. The lowest BCUT2D eigenvalue weighted by Crippen LogP contribution is -2.28. The number of urea groups is 1. The third-order valence-electron chi connectivity index (χ3n) is 2.62. The van der Waals surface area contributed by atoms with Crippen LogP contribution in [0.2, 0.25) is 0 Å². The summed E-state index contributed by atoms with van der Waals surface area (Å²) in [4.78, 5) is 15.8. The van der Waals surface area contributed by atoms with Crippen molar-refractivity contribution >= 4 is 22.5 Å². The number of nitrogens with zero attached hydrogens (tertiary/aromatic N) is 3. The van der Waals surface area contributed by atoms with E-state index in [4.69, 9.17) is 4.74 Å². The van der Waals surface area contributed by atoms with Crippen LogP contribution < -0.4 is 15.4 Å². The van der Waals surface area contributed by atoms with Gasteiger partial charge in [0.2, 0.25) is 11.0 Å². The van der Waals surface area contributed by atoms with Gasteiger partial charge in [-0.2, -0.15) is 0 Å². The van der Waals surface area contributed by atoms with Gasteiger partial charge in [-0.1, -0.05) is 25.2 Å². The molecular weight excluding hydrogens is 290 g/mol. The number of carbonyl (C=O) groups excluding carboxylic acids is 1. The fourth-order valence-corrected chi connectivity index (χ4v) is 2.25. The summed E-state index contributed by atoms with van der Waals surface area (Å²) in [6.07, 6.45) is 1.63. The second-order valence-electron chi connectivity index (χ2n) is 4.61. The van der Waals surface area contributed by atoms with Crippen molar-refractivity contribution in [2.45, 2.75) is 26.3 Å². The maximum Gasteiger partial charge on any atom is 0.321 e. The minimum atomic E-state index is -0.322. The van der Waals surface area contributed by atoms with E-state index < -0.39 is 0 Å². The topological polar surface area (TPSA) is 89.0 Å². The van der Waals surface area contributed by atoms with Crippen molar-refractivity contribution < 1.29 is 9.53 Å². The number of methoxy groups -OCH3 is 1. The molecular formula is C13H17N5O2S. The van der Waals surface area contributed by atoms with Gasteiger partial charge in [-0.25, -0.2) is 9.78 Å². The number of ether oxygens (including phenoxy) is 1. The Morgan fingerprint density at radius 3 is 2.90 bits per heavy atom. The monoisotopic (exact) mass is 307 g/mol. The average Bonchev–Trinajstić information content (AvgIpc) is 2.94. The molecule has 0 radical (unpaired) electrons. The highest BCUT2D eigenvalue weighted by molar-refractivity contribution is 7.15. The molecule has 0 aliphatic carbocycles. The van der Waals surface area contributed by atoms with E-state index >= 15 is 0 Å². The minimum Gasteiger partial charge on any atom is -0.481 e. The zero-order chi connectivity index (χ0) is 15.2. The van der Waals surface area contributed by atoms with E-state index in [0.29, 0.717) is 23.5 Å².